The maximum absolute atomic E-state index is 9.99. The molecule has 0 fully saturated rings. The Hall–Kier alpha value is -1.45. The normalized spacial score (nSPS) is 13.8. The molecule has 0 aliphatic carbocycles. The number of para-hydroxylation sites is 1. The number of aliphatic hydroxyl groups excluding tert-OH is 1. The Morgan fingerprint density at radius 3 is 2.67 bits per heavy atom. The molecule has 1 atom stereocenters. The summed E-state index contributed by atoms with van der Waals surface area (Å²) in [5.41, 5.74) is 7.42. The minimum Gasteiger partial charge on any atom is -0.393 e. The van der Waals surface area contributed by atoms with E-state index in [0.29, 0.717) is 12.8 Å². The van der Waals surface area contributed by atoms with E-state index in [0.717, 1.165) is 16.6 Å². The molecule has 0 saturated heterocycles. The van der Waals surface area contributed by atoms with Gasteiger partial charge >= 0.3 is 0 Å². The van der Waals surface area contributed by atoms with Gasteiger partial charge in [-0.15, -0.1) is 0 Å². The van der Waals surface area contributed by atoms with Crippen molar-refractivity contribution >= 4 is 10.9 Å². The van der Waals surface area contributed by atoms with Crippen LogP contribution in [0, 0.1) is 0 Å². The number of aromatic nitrogens is 1. The van der Waals surface area contributed by atoms with E-state index in [4.69, 9.17) is 5.73 Å². The van der Waals surface area contributed by atoms with Crippen LogP contribution in [-0.2, 0) is 6.42 Å². The second kappa shape index (κ2) is 5.04. The molecule has 0 aliphatic rings. The van der Waals surface area contributed by atoms with E-state index in [9.17, 15) is 5.11 Å². The van der Waals surface area contributed by atoms with Gasteiger partial charge in [0.25, 0.3) is 0 Å². The van der Waals surface area contributed by atoms with Crippen LogP contribution in [-0.4, -0.2) is 21.7 Å². The molecule has 0 spiro atoms. The third-order valence-electron chi connectivity index (χ3n) is 2.86. The first-order valence-corrected chi connectivity index (χ1v) is 6.26. The summed E-state index contributed by atoms with van der Waals surface area (Å²) in [7, 11) is 0. The molecule has 18 heavy (non-hydrogen) atoms. The van der Waals surface area contributed by atoms with Crippen molar-refractivity contribution in [2.45, 2.75) is 38.3 Å². The van der Waals surface area contributed by atoms with Crippen LogP contribution in [0.3, 0.4) is 0 Å². The fourth-order valence-electron chi connectivity index (χ4n) is 2.14. The smallest absolute Gasteiger partial charge is 0.0705 e. The third-order valence-corrected chi connectivity index (χ3v) is 2.86. The molecule has 0 amide bonds. The molecule has 0 radical (unpaired) electrons. The Morgan fingerprint density at radius 1 is 1.22 bits per heavy atom. The fourth-order valence-corrected chi connectivity index (χ4v) is 2.14. The van der Waals surface area contributed by atoms with E-state index in [1.165, 1.54) is 0 Å². The van der Waals surface area contributed by atoms with Gasteiger partial charge in [0.15, 0.2) is 0 Å². The highest BCUT2D eigenvalue weighted by Gasteiger charge is 2.17. The number of nitrogens with zero attached hydrogens (tertiary/aromatic N) is 1. The predicted molar refractivity (Wildman–Crippen MR) is 74.3 cm³/mol. The molecule has 0 bridgehead atoms. The average molecular weight is 244 g/mol. The average Bonchev–Trinajstić information content (AvgIpc) is 2.26. The van der Waals surface area contributed by atoms with Gasteiger partial charge < -0.3 is 10.8 Å². The Bertz CT molecular complexity index is 531. The van der Waals surface area contributed by atoms with Crippen molar-refractivity contribution in [3.63, 3.8) is 0 Å². The van der Waals surface area contributed by atoms with Crippen molar-refractivity contribution in [1.82, 2.24) is 4.98 Å². The highest BCUT2D eigenvalue weighted by Crippen LogP contribution is 2.15. The predicted octanol–water partition coefficient (Wildman–Crippen LogP) is 2.27. The van der Waals surface area contributed by atoms with Crippen molar-refractivity contribution in [2.75, 3.05) is 0 Å². The molecule has 2 rings (SSSR count). The van der Waals surface area contributed by atoms with Crippen LogP contribution in [0.2, 0.25) is 0 Å². The van der Waals surface area contributed by atoms with Gasteiger partial charge in [0.05, 0.1) is 11.6 Å². The van der Waals surface area contributed by atoms with Gasteiger partial charge in [-0.2, -0.15) is 0 Å². The van der Waals surface area contributed by atoms with E-state index < -0.39 is 6.10 Å². The molecule has 1 heterocycles. The summed E-state index contributed by atoms with van der Waals surface area (Å²) in [5, 5.41) is 11.1. The topological polar surface area (TPSA) is 59.1 Å². The first kappa shape index (κ1) is 13.0. The van der Waals surface area contributed by atoms with Gasteiger partial charge in [0.2, 0.25) is 0 Å². The van der Waals surface area contributed by atoms with Crippen molar-refractivity contribution in [1.29, 1.82) is 0 Å². The van der Waals surface area contributed by atoms with Gasteiger partial charge in [0.1, 0.15) is 0 Å². The number of fused-ring (bicyclic) bond motifs is 1. The molecule has 0 saturated carbocycles. The van der Waals surface area contributed by atoms with Crippen LogP contribution in [0.25, 0.3) is 10.9 Å². The monoisotopic (exact) mass is 244 g/mol. The minimum absolute atomic E-state index is 0.351. The van der Waals surface area contributed by atoms with E-state index in [1.807, 2.05) is 50.2 Å². The number of rotatable bonds is 4. The van der Waals surface area contributed by atoms with Gasteiger partial charge in [-0.05, 0) is 32.4 Å². The molecule has 0 aliphatic heterocycles. The molecule has 96 valence electrons. The van der Waals surface area contributed by atoms with E-state index >= 15 is 0 Å². The van der Waals surface area contributed by atoms with Crippen molar-refractivity contribution in [3.8, 4) is 0 Å². The Balaban J connectivity index is 2.12. The van der Waals surface area contributed by atoms with E-state index in [1.54, 1.807) is 0 Å². The van der Waals surface area contributed by atoms with Crippen LogP contribution in [0.15, 0.2) is 36.4 Å². The lowest BCUT2D eigenvalue weighted by molar-refractivity contribution is 0.139. The first-order chi connectivity index (χ1) is 8.44. The van der Waals surface area contributed by atoms with Crippen LogP contribution >= 0.6 is 0 Å². The van der Waals surface area contributed by atoms with E-state index in [2.05, 4.69) is 4.98 Å². The molecule has 1 unspecified atom stereocenters. The zero-order valence-corrected chi connectivity index (χ0v) is 10.9. The summed E-state index contributed by atoms with van der Waals surface area (Å²) in [6.07, 6.45) is 0.672. The van der Waals surface area contributed by atoms with Crippen LogP contribution in [0.1, 0.15) is 26.0 Å². The lowest BCUT2D eigenvalue weighted by Gasteiger charge is -2.22. The van der Waals surface area contributed by atoms with Gasteiger partial charge in [0, 0.05) is 23.0 Å². The zero-order valence-electron chi connectivity index (χ0n) is 10.9. The second-order valence-electron chi connectivity index (χ2n) is 5.55. The van der Waals surface area contributed by atoms with Crippen LogP contribution in [0.4, 0.5) is 0 Å². The second-order valence-corrected chi connectivity index (χ2v) is 5.55. The Morgan fingerprint density at radius 2 is 1.94 bits per heavy atom. The molecule has 2 aromatic rings. The van der Waals surface area contributed by atoms with E-state index in [-0.39, 0.29) is 5.54 Å². The summed E-state index contributed by atoms with van der Waals surface area (Å²) in [6.45, 7) is 3.84. The molecule has 3 nitrogen and oxygen atoms in total. The van der Waals surface area contributed by atoms with Gasteiger partial charge in [-0.25, -0.2) is 0 Å². The number of benzene rings is 1. The minimum atomic E-state index is -0.446. The zero-order chi connectivity index (χ0) is 13.2. The number of hydrogen-bond acceptors (Lipinski definition) is 3. The maximum Gasteiger partial charge on any atom is 0.0705 e. The lowest BCUT2D eigenvalue weighted by atomic mass is 9.95. The summed E-state index contributed by atoms with van der Waals surface area (Å²) in [5.74, 6) is 0. The molecule has 3 N–H and O–H groups in total. The molecule has 3 heteroatoms. The number of aliphatic hydroxyl groups is 1. The fraction of sp³-hybridized carbons (Fsp3) is 0.400. The molecule has 1 aromatic heterocycles. The molecular formula is C15H20N2O. The SMILES string of the molecule is CC(C)(N)CC(O)Cc1ccc2ccccc2n1. The van der Waals surface area contributed by atoms with Crippen molar-refractivity contribution < 1.29 is 5.11 Å². The van der Waals surface area contributed by atoms with Crippen molar-refractivity contribution in [2.24, 2.45) is 5.73 Å². The molecular weight excluding hydrogens is 224 g/mol. The number of nitrogens with two attached hydrogens (primary N) is 1. The summed E-state index contributed by atoms with van der Waals surface area (Å²) in [6, 6.07) is 12.0. The Kier molecular flexibility index (Phi) is 3.64. The molecule has 1 aromatic carbocycles. The highest BCUT2D eigenvalue weighted by molar-refractivity contribution is 5.78. The largest absolute Gasteiger partial charge is 0.393 e. The van der Waals surface area contributed by atoms with Crippen LogP contribution in [0.5, 0.6) is 0 Å². The summed E-state index contributed by atoms with van der Waals surface area (Å²) < 4.78 is 0. The quantitative estimate of drug-likeness (QED) is 0.867. The Labute approximate surface area is 108 Å². The maximum atomic E-state index is 9.99. The van der Waals surface area contributed by atoms with Crippen LogP contribution < -0.4 is 5.73 Å². The van der Waals surface area contributed by atoms with Gasteiger partial charge in [-0.3, -0.25) is 4.98 Å². The summed E-state index contributed by atoms with van der Waals surface area (Å²) in [4.78, 5) is 4.54. The first-order valence-electron chi connectivity index (χ1n) is 6.26. The standard InChI is InChI=1S/C15H20N2O/c1-15(2,16)10-13(18)9-12-8-7-11-5-3-4-6-14(11)17-12/h3-8,13,18H,9-10,16H2,1-2H3. The van der Waals surface area contributed by atoms with Gasteiger partial charge in [-0.1, -0.05) is 24.3 Å². The number of hydrogen-bond donors (Lipinski definition) is 2. The lowest BCUT2D eigenvalue weighted by Crippen LogP contribution is -2.36. The van der Waals surface area contributed by atoms with Crippen molar-refractivity contribution in [3.05, 3.63) is 42.1 Å². The third kappa shape index (κ3) is 3.52. The highest BCUT2D eigenvalue weighted by atomic mass is 16.3. The summed E-state index contributed by atoms with van der Waals surface area (Å²) >= 11 is 0. The number of pyridine rings is 1.